The summed E-state index contributed by atoms with van der Waals surface area (Å²) in [7, 11) is 1.51. The number of methoxy groups -OCH3 is 1. The molecule has 0 radical (unpaired) electrons. The van der Waals surface area contributed by atoms with E-state index < -0.39 is 23.9 Å². The molecular formula is C13H15N3O4. The third-order valence-corrected chi connectivity index (χ3v) is 3.07. The van der Waals surface area contributed by atoms with Crippen LogP contribution in [-0.4, -0.2) is 35.9 Å². The van der Waals surface area contributed by atoms with Gasteiger partial charge in [-0.3, -0.25) is 14.5 Å². The monoisotopic (exact) mass is 277 g/mol. The number of hydrogen-bond donors (Lipinski definition) is 2. The number of nitrogens with two attached hydrogens (primary N) is 1. The lowest BCUT2D eigenvalue weighted by Crippen LogP contribution is -2.42. The van der Waals surface area contributed by atoms with Crippen LogP contribution in [0.1, 0.15) is 11.1 Å². The van der Waals surface area contributed by atoms with Gasteiger partial charge in [0, 0.05) is 5.56 Å². The van der Waals surface area contributed by atoms with Crippen molar-refractivity contribution in [1.82, 2.24) is 10.2 Å². The predicted molar refractivity (Wildman–Crippen MR) is 69.8 cm³/mol. The van der Waals surface area contributed by atoms with E-state index in [2.05, 4.69) is 5.32 Å². The van der Waals surface area contributed by atoms with Crippen LogP contribution in [0.5, 0.6) is 5.75 Å². The zero-order chi connectivity index (χ0) is 14.9. The van der Waals surface area contributed by atoms with Crippen molar-refractivity contribution in [2.75, 3.05) is 7.11 Å². The Morgan fingerprint density at radius 1 is 1.45 bits per heavy atom. The SMILES string of the molecule is COc1ccc(C)cc1CN1C(=O)NC(C(N)=O)C1=O. The van der Waals surface area contributed by atoms with Crippen LogP contribution in [0.3, 0.4) is 0 Å². The highest BCUT2D eigenvalue weighted by molar-refractivity contribution is 6.15. The maximum Gasteiger partial charge on any atom is 0.325 e. The van der Waals surface area contributed by atoms with Crippen LogP contribution in [-0.2, 0) is 16.1 Å². The highest BCUT2D eigenvalue weighted by atomic mass is 16.5. The number of carbonyl (C=O) groups excluding carboxylic acids is 3. The molecule has 4 amide bonds. The Balaban J connectivity index is 2.26. The number of aryl methyl sites for hydroxylation is 1. The van der Waals surface area contributed by atoms with Gasteiger partial charge in [0.25, 0.3) is 5.91 Å². The molecule has 0 aromatic heterocycles. The summed E-state index contributed by atoms with van der Waals surface area (Å²) < 4.78 is 5.19. The number of primary amides is 1. The van der Waals surface area contributed by atoms with E-state index in [1.165, 1.54) is 7.11 Å². The molecule has 1 aliphatic rings. The average molecular weight is 277 g/mol. The van der Waals surface area contributed by atoms with Gasteiger partial charge in [0.05, 0.1) is 13.7 Å². The van der Waals surface area contributed by atoms with Crippen molar-refractivity contribution < 1.29 is 19.1 Å². The summed E-state index contributed by atoms with van der Waals surface area (Å²) in [6.07, 6.45) is 0. The zero-order valence-electron chi connectivity index (χ0n) is 11.2. The Morgan fingerprint density at radius 3 is 2.70 bits per heavy atom. The second-order valence-electron chi connectivity index (χ2n) is 4.52. The average Bonchev–Trinajstić information content (AvgIpc) is 2.67. The molecule has 0 spiro atoms. The van der Waals surface area contributed by atoms with Gasteiger partial charge in [-0.25, -0.2) is 4.79 Å². The van der Waals surface area contributed by atoms with Gasteiger partial charge in [-0.1, -0.05) is 17.7 Å². The van der Waals surface area contributed by atoms with Crippen molar-refractivity contribution in [1.29, 1.82) is 0 Å². The van der Waals surface area contributed by atoms with Gasteiger partial charge in [0.15, 0.2) is 6.04 Å². The van der Waals surface area contributed by atoms with Crippen LogP contribution >= 0.6 is 0 Å². The molecule has 0 aliphatic carbocycles. The summed E-state index contributed by atoms with van der Waals surface area (Å²) in [5, 5.41) is 2.25. The molecule has 7 nitrogen and oxygen atoms in total. The molecule has 0 saturated carbocycles. The fourth-order valence-corrected chi connectivity index (χ4v) is 2.06. The first-order valence-corrected chi connectivity index (χ1v) is 5.98. The van der Waals surface area contributed by atoms with E-state index in [9.17, 15) is 14.4 Å². The molecule has 20 heavy (non-hydrogen) atoms. The molecule has 1 atom stereocenters. The van der Waals surface area contributed by atoms with Crippen molar-refractivity contribution in [3.05, 3.63) is 29.3 Å². The van der Waals surface area contributed by atoms with Gasteiger partial charge in [0.1, 0.15) is 5.75 Å². The molecule has 0 bridgehead atoms. The van der Waals surface area contributed by atoms with Gasteiger partial charge in [-0.05, 0) is 13.0 Å². The minimum Gasteiger partial charge on any atom is -0.496 e. The molecule has 1 heterocycles. The number of hydrogen-bond acceptors (Lipinski definition) is 4. The van der Waals surface area contributed by atoms with Gasteiger partial charge >= 0.3 is 6.03 Å². The number of rotatable bonds is 4. The van der Waals surface area contributed by atoms with Gasteiger partial charge in [0.2, 0.25) is 5.91 Å². The number of nitrogens with one attached hydrogen (secondary N) is 1. The molecule has 1 fully saturated rings. The Kier molecular flexibility index (Phi) is 3.60. The quantitative estimate of drug-likeness (QED) is 0.593. The number of nitrogens with zero attached hydrogens (tertiary/aromatic N) is 1. The zero-order valence-corrected chi connectivity index (χ0v) is 11.2. The summed E-state index contributed by atoms with van der Waals surface area (Å²) >= 11 is 0. The maximum absolute atomic E-state index is 11.9. The summed E-state index contributed by atoms with van der Waals surface area (Å²) in [5.41, 5.74) is 6.71. The third kappa shape index (κ3) is 2.42. The van der Waals surface area contributed by atoms with Crippen LogP contribution in [0.15, 0.2) is 18.2 Å². The largest absolute Gasteiger partial charge is 0.496 e. The fraction of sp³-hybridized carbons (Fsp3) is 0.308. The first-order valence-electron chi connectivity index (χ1n) is 5.98. The Labute approximate surface area is 115 Å². The molecule has 7 heteroatoms. The number of amides is 4. The molecular weight excluding hydrogens is 262 g/mol. The van der Waals surface area contributed by atoms with Crippen molar-refractivity contribution in [3.8, 4) is 5.75 Å². The van der Waals surface area contributed by atoms with E-state index in [1.54, 1.807) is 6.07 Å². The van der Waals surface area contributed by atoms with Crippen LogP contribution in [0, 0.1) is 6.92 Å². The summed E-state index contributed by atoms with van der Waals surface area (Å²) in [5.74, 6) is -0.952. The molecule has 1 unspecified atom stereocenters. The topological polar surface area (TPSA) is 102 Å². The van der Waals surface area contributed by atoms with E-state index >= 15 is 0 Å². The Morgan fingerprint density at radius 2 is 2.15 bits per heavy atom. The van der Waals surface area contributed by atoms with E-state index in [4.69, 9.17) is 10.5 Å². The number of carbonyl (C=O) groups is 3. The predicted octanol–water partition coefficient (Wildman–Crippen LogP) is -0.0907. The molecule has 1 aromatic rings. The van der Waals surface area contributed by atoms with E-state index in [-0.39, 0.29) is 6.54 Å². The summed E-state index contributed by atoms with van der Waals surface area (Å²) in [6, 6.07) is 3.51. The molecule has 1 saturated heterocycles. The van der Waals surface area contributed by atoms with Crippen LogP contribution < -0.4 is 15.8 Å². The Bertz CT molecular complexity index is 585. The van der Waals surface area contributed by atoms with E-state index in [0.717, 1.165) is 10.5 Å². The van der Waals surface area contributed by atoms with Gasteiger partial charge in [-0.15, -0.1) is 0 Å². The van der Waals surface area contributed by atoms with Gasteiger partial charge < -0.3 is 15.8 Å². The van der Waals surface area contributed by atoms with Crippen molar-refractivity contribution in [2.45, 2.75) is 19.5 Å². The third-order valence-electron chi connectivity index (χ3n) is 3.07. The molecule has 2 rings (SSSR count). The number of imide groups is 1. The van der Waals surface area contributed by atoms with E-state index in [1.807, 2.05) is 19.1 Å². The second kappa shape index (κ2) is 5.20. The number of benzene rings is 1. The minimum atomic E-state index is -1.29. The van der Waals surface area contributed by atoms with Crippen LogP contribution in [0.4, 0.5) is 4.79 Å². The van der Waals surface area contributed by atoms with Gasteiger partial charge in [-0.2, -0.15) is 0 Å². The maximum atomic E-state index is 11.9. The van der Waals surface area contributed by atoms with Crippen molar-refractivity contribution in [3.63, 3.8) is 0 Å². The van der Waals surface area contributed by atoms with Crippen molar-refractivity contribution >= 4 is 17.8 Å². The van der Waals surface area contributed by atoms with E-state index in [0.29, 0.717) is 11.3 Å². The fourth-order valence-electron chi connectivity index (χ4n) is 2.06. The molecule has 1 aromatic carbocycles. The lowest BCUT2D eigenvalue weighted by molar-refractivity contribution is -0.132. The normalized spacial score (nSPS) is 18.1. The smallest absolute Gasteiger partial charge is 0.325 e. The Hall–Kier alpha value is -2.57. The van der Waals surface area contributed by atoms with Crippen LogP contribution in [0.25, 0.3) is 0 Å². The summed E-state index contributed by atoms with van der Waals surface area (Å²) in [6.45, 7) is 1.92. The summed E-state index contributed by atoms with van der Waals surface area (Å²) in [4.78, 5) is 35.7. The first-order chi connectivity index (χ1) is 9.43. The van der Waals surface area contributed by atoms with Crippen LogP contribution in [0.2, 0.25) is 0 Å². The molecule has 3 N–H and O–H groups in total. The standard InChI is InChI=1S/C13H15N3O4/c1-7-3-4-9(20-2)8(5-7)6-16-12(18)10(11(14)17)15-13(16)19/h3-5,10H,6H2,1-2H3,(H2,14,17)(H,15,19). The molecule has 1 aliphatic heterocycles. The number of ether oxygens (including phenoxy) is 1. The van der Waals surface area contributed by atoms with Crippen molar-refractivity contribution in [2.24, 2.45) is 5.73 Å². The molecule has 106 valence electrons. The minimum absolute atomic E-state index is 0.0271. The highest BCUT2D eigenvalue weighted by Crippen LogP contribution is 2.23. The first kappa shape index (κ1) is 13.9. The highest BCUT2D eigenvalue weighted by Gasteiger charge is 2.41. The number of urea groups is 1. The lowest BCUT2D eigenvalue weighted by atomic mass is 10.1. The second-order valence-corrected chi connectivity index (χ2v) is 4.52. The lowest BCUT2D eigenvalue weighted by Gasteiger charge is -2.15.